The van der Waals surface area contributed by atoms with E-state index in [1.54, 1.807) is 0 Å². The molecule has 4 nitrogen and oxygen atoms in total. The number of anilines is 1. The van der Waals surface area contributed by atoms with E-state index >= 15 is 0 Å². The van der Waals surface area contributed by atoms with Crippen LogP contribution in [0.2, 0.25) is 0 Å². The topological polar surface area (TPSA) is 47.0 Å². The van der Waals surface area contributed by atoms with E-state index in [1.165, 1.54) is 0 Å². The van der Waals surface area contributed by atoms with Crippen LogP contribution in [0.15, 0.2) is 10.7 Å². The number of hydrogen-bond donors (Lipinski definition) is 1. The Balaban J connectivity index is 2.49. The van der Waals surface area contributed by atoms with Crippen LogP contribution in [0.3, 0.4) is 0 Å². The highest BCUT2D eigenvalue weighted by atomic mass is 79.9. The molecule has 15 heavy (non-hydrogen) atoms. The molecule has 1 N–H and O–H groups in total. The predicted octanol–water partition coefficient (Wildman–Crippen LogP) is 2.25. The van der Waals surface area contributed by atoms with Crippen LogP contribution in [0.5, 0.6) is 0 Å². The molecule has 0 unspecified atom stereocenters. The maximum atomic E-state index is 5.22. The maximum absolute atomic E-state index is 5.22. The fourth-order valence-electron chi connectivity index (χ4n) is 1.11. The van der Waals surface area contributed by atoms with Crippen LogP contribution in [0.25, 0.3) is 0 Å². The first-order valence-corrected chi connectivity index (χ1v) is 5.90. The molecule has 1 heterocycles. The molecule has 0 atom stereocenters. The molecule has 1 rings (SSSR count). The number of rotatable bonds is 6. The van der Waals surface area contributed by atoms with Crippen molar-refractivity contribution in [1.29, 1.82) is 0 Å². The van der Waals surface area contributed by atoms with Gasteiger partial charge in [0.2, 0.25) is 0 Å². The minimum atomic E-state index is 0.694. The van der Waals surface area contributed by atoms with Crippen molar-refractivity contribution in [3.8, 4) is 0 Å². The Morgan fingerprint density at radius 1 is 1.40 bits per heavy atom. The van der Waals surface area contributed by atoms with E-state index in [1.807, 2.05) is 19.9 Å². The van der Waals surface area contributed by atoms with Crippen molar-refractivity contribution in [1.82, 2.24) is 9.97 Å². The smallest absolute Gasteiger partial charge is 0.131 e. The SMILES string of the molecule is CCOCCNc1cc(Br)nc(CC)n1. The van der Waals surface area contributed by atoms with Crippen molar-refractivity contribution < 1.29 is 4.74 Å². The quantitative estimate of drug-likeness (QED) is 0.638. The number of aromatic nitrogens is 2. The summed E-state index contributed by atoms with van der Waals surface area (Å²) in [6.07, 6.45) is 0.833. The zero-order valence-electron chi connectivity index (χ0n) is 9.09. The van der Waals surface area contributed by atoms with Crippen molar-refractivity contribution in [2.24, 2.45) is 0 Å². The van der Waals surface area contributed by atoms with Gasteiger partial charge in [0.05, 0.1) is 6.61 Å². The van der Waals surface area contributed by atoms with Gasteiger partial charge in [-0.05, 0) is 22.9 Å². The van der Waals surface area contributed by atoms with Gasteiger partial charge >= 0.3 is 0 Å². The summed E-state index contributed by atoms with van der Waals surface area (Å²) in [5.74, 6) is 1.68. The number of nitrogens with zero attached hydrogens (tertiary/aromatic N) is 2. The second kappa shape index (κ2) is 6.74. The van der Waals surface area contributed by atoms with Gasteiger partial charge in [0, 0.05) is 25.6 Å². The van der Waals surface area contributed by atoms with Gasteiger partial charge in [-0.25, -0.2) is 9.97 Å². The van der Waals surface area contributed by atoms with Gasteiger partial charge < -0.3 is 10.1 Å². The monoisotopic (exact) mass is 273 g/mol. The summed E-state index contributed by atoms with van der Waals surface area (Å²) in [4.78, 5) is 8.57. The van der Waals surface area contributed by atoms with Crippen LogP contribution >= 0.6 is 15.9 Å². The molecule has 5 heteroatoms. The molecule has 1 aromatic heterocycles. The Morgan fingerprint density at radius 3 is 2.87 bits per heavy atom. The molecule has 0 amide bonds. The summed E-state index contributed by atoms with van der Waals surface area (Å²) < 4.78 is 6.04. The van der Waals surface area contributed by atoms with Crippen LogP contribution < -0.4 is 5.32 Å². The number of aryl methyl sites for hydroxylation is 1. The summed E-state index contributed by atoms with van der Waals surface area (Å²) in [5.41, 5.74) is 0. The average Bonchev–Trinajstić information content (AvgIpc) is 2.23. The van der Waals surface area contributed by atoms with Crippen molar-refractivity contribution in [3.05, 3.63) is 16.5 Å². The largest absolute Gasteiger partial charge is 0.380 e. The summed E-state index contributed by atoms with van der Waals surface area (Å²) in [6, 6.07) is 1.87. The lowest BCUT2D eigenvalue weighted by atomic mass is 10.4. The highest BCUT2D eigenvalue weighted by Crippen LogP contribution is 2.12. The Kier molecular flexibility index (Phi) is 5.57. The Morgan fingerprint density at radius 2 is 2.20 bits per heavy atom. The average molecular weight is 274 g/mol. The Hall–Kier alpha value is -0.680. The molecule has 0 bridgehead atoms. The van der Waals surface area contributed by atoms with E-state index in [4.69, 9.17) is 4.74 Å². The van der Waals surface area contributed by atoms with Gasteiger partial charge in [-0.1, -0.05) is 6.92 Å². The third-order valence-electron chi connectivity index (χ3n) is 1.81. The zero-order valence-corrected chi connectivity index (χ0v) is 10.7. The molecule has 0 aromatic carbocycles. The van der Waals surface area contributed by atoms with E-state index in [0.717, 1.165) is 35.8 Å². The van der Waals surface area contributed by atoms with Crippen LogP contribution in [-0.2, 0) is 11.2 Å². The predicted molar refractivity (Wildman–Crippen MR) is 64.1 cm³/mol. The lowest BCUT2D eigenvalue weighted by molar-refractivity contribution is 0.158. The molecule has 0 aliphatic rings. The summed E-state index contributed by atoms with van der Waals surface area (Å²) in [7, 11) is 0. The van der Waals surface area contributed by atoms with Gasteiger partial charge in [-0.3, -0.25) is 0 Å². The molecule has 84 valence electrons. The molecule has 0 saturated heterocycles. The first-order chi connectivity index (χ1) is 7.26. The molecule has 0 spiro atoms. The maximum Gasteiger partial charge on any atom is 0.131 e. The third kappa shape index (κ3) is 4.57. The van der Waals surface area contributed by atoms with E-state index < -0.39 is 0 Å². The van der Waals surface area contributed by atoms with Crippen LogP contribution in [0.1, 0.15) is 19.7 Å². The van der Waals surface area contributed by atoms with Crippen molar-refractivity contribution in [2.75, 3.05) is 25.1 Å². The number of hydrogen-bond acceptors (Lipinski definition) is 4. The van der Waals surface area contributed by atoms with Crippen LogP contribution in [-0.4, -0.2) is 29.7 Å². The fraction of sp³-hybridized carbons (Fsp3) is 0.600. The first-order valence-electron chi connectivity index (χ1n) is 5.11. The zero-order chi connectivity index (χ0) is 11.1. The van der Waals surface area contributed by atoms with E-state index in [0.29, 0.717) is 6.61 Å². The number of halogens is 1. The van der Waals surface area contributed by atoms with Crippen molar-refractivity contribution >= 4 is 21.7 Å². The normalized spacial score (nSPS) is 10.3. The number of ether oxygens (including phenoxy) is 1. The van der Waals surface area contributed by atoms with Crippen molar-refractivity contribution in [2.45, 2.75) is 20.3 Å². The molecule has 0 radical (unpaired) electrons. The summed E-state index contributed by atoms with van der Waals surface area (Å²) in [6.45, 7) is 6.22. The lowest BCUT2D eigenvalue weighted by Gasteiger charge is -2.07. The highest BCUT2D eigenvalue weighted by molar-refractivity contribution is 9.10. The Labute approximate surface area is 98.6 Å². The molecule has 0 saturated carbocycles. The van der Waals surface area contributed by atoms with Crippen LogP contribution in [0.4, 0.5) is 5.82 Å². The van der Waals surface area contributed by atoms with E-state index in [-0.39, 0.29) is 0 Å². The number of nitrogens with one attached hydrogen (secondary N) is 1. The minimum absolute atomic E-state index is 0.694. The molecular weight excluding hydrogens is 258 g/mol. The third-order valence-corrected chi connectivity index (χ3v) is 2.22. The van der Waals surface area contributed by atoms with Gasteiger partial charge in [0.25, 0.3) is 0 Å². The highest BCUT2D eigenvalue weighted by Gasteiger charge is 2.00. The van der Waals surface area contributed by atoms with Gasteiger partial charge in [0.1, 0.15) is 16.2 Å². The van der Waals surface area contributed by atoms with Gasteiger partial charge in [-0.2, -0.15) is 0 Å². The molecule has 0 aliphatic carbocycles. The van der Waals surface area contributed by atoms with Gasteiger partial charge in [0.15, 0.2) is 0 Å². The standard InChI is InChI=1S/C10H16BrN3O/c1-3-9-13-8(11)7-10(14-9)12-5-6-15-4-2/h7H,3-6H2,1-2H3,(H,12,13,14). The van der Waals surface area contributed by atoms with Gasteiger partial charge in [-0.15, -0.1) is 0 Å². The Bertz CT molecular complexity index is 307. The minimum Gasteiger partial charge on any atom is -0.380 e. The van der Waals surface area contributed by atoms with E-state index in [9.17, 15) is 0 Å². The second-order valence-electron chi connectivity index (χ2n) is 2.97. The van der Waals surface area contributed by atoms with Crippen LogP contribution in [0, 0.1) is 0 Å². The van der Waals surface area contributed by atoms with Crippen molar-refractivity contribution in [3.63, 3.8) is 0 Å². The molecule has 0 fully saturated rings. The first kappa shape index (κ1) is 12.4. The lowest BCUT2D eigenvalue weighted by Crippen LogP contribution is -2.11. The summed E-state index contributed by atoms with van der Waals surface area (Å²) in [5, 5.41) is 3.19. The molecule has 1 aromatic rings. The second-order valence-corrected chi connectivity index (χ2v) is 3.78. The van der Waals surface area contributed by atoms with E-state index in [2.05, 4.69) is 31.2 Å². The molecule has 0 aliphatic heterocycles. The summed E-state index contributed by atoms with van der Waals surface area (Å²) >= 11 is 3.35. The molecular formula is C10H16BrN3O. The fourth-order valence-corrected chi connectivity index (χ4v) is 1.53.